The molecule has 0 bridgehead atoms. The van der Waals surface area contributed by atoms with Gasteiger partial charge in [-0.2, -0.15) is 0 Å². The van der Waals surface area contributed by atoms with Gasteiger partial charge in [0.2, 0.25) is 41.4 Å². The maximum atomic E-state index is 14.7. The number of hydrogen-bond acceptors (Lipinski definition) is 9. The number of para-hydroxylation sites is 1. The van der Waals surface area contributed by atoms with Crippen LogP contribution in [0.1, 0.15) is 74.2 Å². The highest BCUT2D eigenvalue weighted by atomic mass is 16.2. The predicted molar refractivity (Wildman–Crippen MR) is 247 cm³/mol. The van der Waals surface area contributed by atoms with Crippen molar-refractivity contribution in [2.45, 2.75) is 94.4 Å². The number of nitrogens with zero attached hydrogens (tertiary/aromatic N) is 2. The van der Waals surface area contributed by atoms with Crippen molar-refractivity contribution in [3.05, 3.63) is 102 Å². The number of aromatic nitrogens is 3. The molecule has 66 heavy (non-hydrogen) atoms. The lowest BCUT2D eigenvalue weighted by Gasteiger charge is -2.27. The average molecular weight is 904 g/mol. The molecule has 3 aromatic carbocycles. The van der Waals surface area contributed by atoms with E-state index >= 15 is 0 Å². The molecule has 20 heteroatoms. The van der Waals surface area contributed by atoms with Crippen molar-refractivity contribution in [2.24, 2.45) is 22.2 Å². The monoisotopic (exact) mass is 903 g/mol. The van der Waals surface area contributed by atoms with E-state index in [1.54, 1.807) is 24.4 Å². The highest BCUT2D eigenvalue weighted by Crippen LogP contribution is 2.23. The second-order valence-corrected chi connectivity index (χ2v) is 16.2. The third-order valence-corrected chi connectivity index (χ3v) is 11.3. The lowest BCUT2D eigenvalue weighted by molar-refractivity contribution is -0.135. The van der Waals surface area contributed by atoms with Crippen LogP contribution < -0.4 is 49.1 Å². The largest absolute Gasteiger partial charge is 0.370 e. The molecule has 6 rings (SSSR count). The molecule has 0 spiro atoms. The van der Waals surface area contributed by atoms with Gasteiger partial charge < -0.3 is 59.1 Å². The Kier molecular flexibility index (Phi) is 16.8. The number of imidazole rings is 1. The molecule has 0 aliphatic carbocycles. The molecule has 3 unspecified atom stereocenters. The maximum absolute atomic E-state index is 14.7. The van der Waals surface area contributed by atoms with E-state index in [2.05, 4.69) is 51.8 Å². The van der Waals surface area contributed by atoms with Gasteiger partial charge in [-0.3, -0.25) is 38.6 Å². The lowest BCUT2D eigenvalue weighted by Crippen LogP contribution is -2.58. The number of hydrogen-bond donors (Lipinski definition) is 11. The number of aromatic amines is 2. The molecule has 3 heterocycles. The van der Waals surface area contributed by atoms with Crippen LogP contribution in [0.15, 0.2) is 90.4 Å². The molecule has 5 aromatic rings. The summed E-state index contributed by atoms with van der Waals surface area (Å²) in [6.45, 7) is 0.371. The Labute approximate surface area is 380 Å². The molecule has 0 saturated carbocycles. The van der Waals surface area contributed by atoms with Crippen molar-refractivity contribution in [1.82, 2.24) is 46.9 Å². The maximum Gasteiger partial charge on any atom is 0.247 e. The fourth-order valence-electron chi connectivity index (χ4n) is 7.81. The second kappa shape index (κ2) is 23.2. The number of amides is 7. The number of nitrogens with two attached hydrogens (primary N) is 3. The van der Waals surface area contributed by atoms with E-state index in [-0.39, 0.29) is 76.3 Å². The zero-order valence-electron chi connectivity index (χ0n) is 36.4. The van der Waals surface area contributed by atoms with Gasteiger partial charge in [0.1, 0.15) is 30.2 Å². The van der Waals surface area contributed by atoms with Crippen LogP contribution in [0.2, 0.25) is 0 Å². The topological polar surface area (TPSA) is 327 Å². The second-order valence-electron chi connectivity index (χ2n) is 16.2. The first-order chi connectivity index (χ1) is 31.8. The molecule has 20 nitrogen and oxygen atoms in total. The van der Waals surface area contributed by atoms with Crippen LogP contribution in [0.5, 0.6) is 0 Å². The van der Waals surface area contributed by atoms with Gasteiger partial charge in [0, 0.05) is 67.8 Å². The molecule has 1 aliphatic heterocycles. The summed E-state index contributed by atoms with van der Waals surface area (Å²) in [4.78, 5) is 111. The number of carbonyl (C=O) groups is 7. The first-order valence-electron chi connectivity index (χ1n) is 22.0. The smallest absolute Gasteiger partial charge is 0.247 e. The summed E-state index contributed by atoms with van der Waals surface area (Å²) in [7, 11) is 0. The van der Waals surface area contributed by atoms with Gasteiger partial charge in [-0.1, -0.05) is 54.6 Å². The van der Waals surface area contributed by atoms with Gasteiger partial charge in [0.05, 0.1) is 6.33 Å². The van der Waals surface area contributed by atoms with Crippen molar-refractivity contribution in [3.8, 4) is 0 Å². The molecule has 1 aliphatic rings. The zero-order chi connectivity index (χ0) is 47.0. The minimum atomic E-state index is -1.41. The molecule has 0 radical (unpaired) electrons. The molecule has 5 atom stereocenters. The molecule has 14 N–H and O–H groups in total. The van der Waals surface area contributed by atoms with Crippen molar-refractivity contribution in [1.29, 1.82) is 0 Å². The molecule has 2 aromatic heterocycles. The summed E-state index contributed by atoms with van der Waals surface area (Å²) in [5.41, 5.74) is 19.3. The number of aliphatic imine (C=N–C) groups is 1. The Balaban J connectivity index is 1.37. The highest BCUT2D eigenvalue weighted by molar-refractivity contribution is 5.98. The summed E-state index contributed by atoms with van der Waals surface area (Å²) < 4.78 is 0. The Morgan fingerprint density at radius 3 is 2.18 bits per heavy atom. The van der Waals surface area contributed by atoms with Crippen LogP contribution >= 0.6 is 0 Å². The van der Waals surface area contributed by atoms with Gasteiger partial charge in [-0.05, 0) is 72.6 Å². The fraction of sp³-hybridized carbons (Fsp3) is 0.370. The highest BCUT2D eigenvalue weighted by Gasteiger charge is 2.34. The Morgan fingerprint density at radius 2 is 1.41 bits per heavy atom. The van der Waals surface area contributed by atoms with E-state index < -0.39 is 65.7 Å². The number of benzene rings is 3. The van der Waals surface area contributed by atoms with E-state index in [1.165, 1.54) is 12.5 Å². The predicted octanol–water partition coefficient (Wildman–Crippen LogP) is 0.635. The minimum absolute atomic E-state index is 0.00683. The van der Waals surface area contributed by atoms with E-state index in [1.807, 2.05) is 48.5 Å². The van der Waals surface area contributed by atoms with Gasteiger partial charge in [-0.25, -0.2) is 4.98 Å². The van der Waals surface area contributed by atoms with Crippen LogP contribution in [0.4, 0.5) is 0 Å². The summed E-state index contributed by atoms with van der Waals surface area (Å²) >= 11 is 0. The van der Waals surface area contributed by atoms with Crippen LogP contribution in [-0.2, 0) is 46.4 Å². The molecule has 7 amide bonds. The molecular weight excluding hydrogens is 847 g/mol. The molecule has 1 fully saturated rings. The molecule has 348 valence electrons. The third kappa shape index (κ3) is 13.6. The van der Waals surface area contributed by atoms with E-state index in [9.17, 15) is 33.6 Å². The third-order valence-electron chi connectivity index (χ3n) is 11.3. The quantitative estimate of drug-likeness (QED) is 0.0528. The van der Waals surface area contributed by atoms with Crippen molar-refractivity contribution < 1.29 is 33.6 Å². The van der Waals surface area contributed by atoms with Crippen molar-refractivity contribution in [3.63, 3.8) is 0 Å². The van der Waals surface area contributed by atoms with Crippen LogP contribution in [0.3, 0.4) is 0 Å². The summed E-state index contributed by atoms with van der Waals surface area (Å²) in [6.07, 6.45) is 5.97. The Bertz CT molecular complexity index is 2540. The zero-order valence-corrected chi connectivity index (χ0v) is 36.4. The number of rotatable bonds is 10. The van der Waals surface area contributed by atoms with Crippen LogP contribution in [0.25, 0.3) is 21.7 Å². The SMILES string of the molecule is NC(=O)[C@@H]1CCCCNC(=O)CCCC(=O)NC(Cc2cnc[nH]2)C(=O)N[C@H](c2ccc3ccccc3c2)C(=O)NC(CCCN=C(N)N)C(=O)NC(Cc2c[nH]c3ccccc23)C(=O)N1. The van der Waals surface area contributed by atoms with Gasteiger partial charge in [0.15, 0.2) is 5.96 Å². The minimum Gasteiger partial charge on any atom is -0.370 e. The van der Waals surface area contributed by atoms with Crippen molar-refractivity contribution in [2.75, 3.05) is 13.1 Å². The van der Waals surface area contributed by atoms with Crippen molar-refractivity contribution >= 4 is 69.0 Å². The number of H-pyrrole nitrogens is 2. The van der Waals surface area contributed by atoms with Crippen LogP contribution in [-0.4, -0.2) is 99.5 Å². The van der Waals surface area contributed by atoms with Gasteiger partial charge >= 0.3 is 0 Å². The standard InChI is InChI=1S/C46H57N13O7/c47-41(62)34-13-5-6-19-51-38(60)15-7-16-39(61)55-37(23-31-25-50-26-54-31)44(65)59-40(29-18-17-27-9-1-2-10-28(27)21-29)45(66)57-35(14-8-20-52-46(48)49)42(63)58-36(43(64)56-34)22-30-24-53-33-12-4-3-11-32(30)33/h1-4,9-12,17-18,21,24-26,34-37,40,53H,5-8,13-16,19-20,22-23H2,(H2,47,62)(H,50,54)(H,51,60)(H,55,61)(H,56,64)(H,57,66)(H,58,63)(H,59,65)(H4,48,49,52)/t34-,35?,36?,37?,40+/m0/s1. The summed E-state index contributed by atoms with van der Waals surface area (Å²) in [6, 6.07) is 13.8. The number of nitrogens with one attached hydrogen (secondary N) is 8. The van der Waals surface area contributed by atoms with Gasteiger partial charge in [-0.15, -0.1) is 0 Å². The van der Waals surface area contributed by atoms with E-state index in [0.29, 0.717) is 29.7 Å². The average Bonchev–Trinajstić information content (AvgIpc) is 3.97. The van der Waals surface area contributed by atoms with E-state index in [0.717, 1.165) is 21.7 Å². The molecular formula is C46H57N13O7. The van der Waals surface area contributed by atoms with E-state index in [4.69, 9.17) is 17.2 Å². The Hall–Kier alpha value is -7.77. The van der Waals surface area contributed by atoms with Crippen LogP contribution in [0, 0.1) is 0 Å². The fourth-order valence-corrected chi connectivity index (χ4v) is 7.81. The number of fused-ring (bicyclic) bond motifs is 2. The number of guanidine groups is 1. The summed E-state index contributed by atoms with van der Waals surface area (Å²) in [5.74, 6) is -4.69. The number of carbonyl (C=O) groups excluding carboxylic acids is 7. The first-order valence-corrected chi connectivity index (χ1v) is 22.0. The summed E-state index contributed by atoms with van der Waals surface area (Å²) in [5, 5.41) is 19.2. The number of primary amides is 1. The van der Waals surface area contributed by atoms with Gasteiger partial charge in [0.25, 0.3) is 0 Å². The lowest BCUT2D eigenvalue weighted by atomic mass is 9.99. The molecule has 1 saturated heterocycles. The first kappa shape index (κ1) is 47.7. The Morgan fingerprint density at radius 1 is 0.697 bits per heavy atom. The normalized spacial score (nSPS) is 21.3.